The highest BCUT2D eigenvalue weighted by molar-refractivity contribution is 5.80. The number of benzene rings is 1. The maximum absolute atomic E-state index is 11.5. The average molecular weight is 207 g/mol. The van der Waals surface area contributed by atoms with Crippen LogP contribution in [0.2, 0.25) is 0 Å². The molecule has 0 aliphatic carbocycles. The van der Waals surface area contributed by atoms with Gasteiger partial charge in [0.05, 0.1) is 6.61 Å². The number of aliphatic hydroxyl groups is 1. The van der Waals surface area contributed by atoms with Crippen LogP contribution in [-0.2, 0) is 11.2 Å². The monoisotopic (exact) mass is 207 g/mol. The van der Waals surface area contributed by atoms with Gasteiger partial charge in [0.15, 0.2) is 0 Å². The molecule has 82 valence electrons. The Hall–Kier alpha value is -1.19. The van der Waals surface area contributed by atoms with Gasteiger partial charge in [-0.25, -0.2) is 0 Å². The van der Waals surface area contributed by atoms with Crippen LogP contribution in [0.1, 0.15) is 18.4 Å². The fourth-order valence-corrected chi connectivity index (χ4v) is 1.35. The van der Waals surface area contributed by atoms with Crippen LogP contribution >= 0.6 is 0 Å². The van der Waals surface area contributed by atoms with E-state index in [0.717, 1.165) is 5.56 Å². The van der Waals surface area contributed by atoms with Crippen LogP contribution in [0.4, 0.5) is 0 Å². The van der Waals surface area contributed by atoms with E-state index in [1.54, 1.807) is 0 Å². The molecule has 3 N–H and O–H groups in total. The van der Waals surface area contributed by atoms with Crippen LogP contribution in [-0.4, -0.2) is 23.5 Å². The Morgan fingerprint density at radius 1 is 1.33 bits per heavy atom. The van der Waals surface area contributed by atoms with Crippen molar-refractivity contribution >= 4 is 5.78 Å². The Morgan fingerprint density at radius 3 is 2.60 bits per heavy atom. The van der Waals surface area contributed by atoms with E-state index in [0.29, 0.717) is 19.3 Å². The molecule has 0 saturated carbocycles. The first kappa shape index (κ1) is 11.9. The standard InChI is InChI=1S/C12H17NO2/c13-11(9-14)6-7-12(15)8-10-4-2-1-3-5-10/h1-5,11,14H,6-9,13H2. The number of hydrogen-bond acceptors (Lipinski definition) is 3. The fourth-order valence-electron chi connectivity index (χ4n) is 1.35. The highest BCUT2D eigenvalue weighted by Crippen LogP contribution is 2.04. The van der Waals surface area contributed by atoms with Crippen LogP contribution in [0, 0.1) is 0 Å². The van der Waals surface area contributed by atoms with Gasteiger partial charge in [0.2, 0.25) is 0 Å². The van der Waals surface area contributed by atoms with E-state index in [-0.39, 0.29) is 18.4 Å². The molecule has 0 spiro atoms. The minimum absolute atomic E-state index is 0.0569. The van der Waals surface area contributed by atoms with Crippen molar-refractivity contribution in [3.63, 3.8) is 0 Å². The second-order valence-electron chi connectivity index (χ2n) is 3.68. The van der Waals surface area contributed by atoms with Crippen LogP contribution in [0.15, 0.2) is 30.3 Å². The van der Waals surface area contributed by atoms with Gasteiger partial charge in [0.1, 0.15) is 5.78 Å². The van der Waals surface area contributed by atoms with Gasteiger partial charge in [-0.3, -0.25) is 4.79 Å². The number of carbonyl (C=O) groups is 1. The van der Waals surface area contributed by atoms with E-state index in [1.165, 1.54) is 0 Å². The summed E-state index contributed by atoms with van der Waals surface area (Å²) in [5.41, 5.74) is 6.54. The molecule has 0 aliphatic rings. The predicted molar refractivity (Wildman–Crippen MR) is 59.4 cm³/mol. The molecule has 0 heterocycles. The maximum Gasteiger partial charge on any atom is 0.137 e. The van der Waals surface area contributed by atoms with Gasteiger partial charge in [-0.05, 0) is 12.0 Å². The molecule has 1 atom stereocenters. The summed E-state index contributed by atoms with van der Waals surface area (Å²) in [5, 5.41) is 8.70. The molecule has 0 bridgehead atoms. The van der Waals surface area contributed by atoms with Crippen molar-refractivity contribution in [3.8, 4) is 0 Å². The van der Waals surface area contributed by atoms with Crippen molar-refractivity contribution in [2.45, 2.75) is 25.3 Å². The minimum Gasteiger partial charge on any atom is -0.395 e. The van der Waals surface area contributed by atoms with Gasteiger partial charge >= 0.3 is 0 Å². The van der Waals surface area contributed by atoms with Crippen LogP contribution in [0.5, 0.6) is 0 Å². The largest absolute Gasteiger partial charge is 0.395 e. The summed E-state index contributed by atoms with van der Waals surface area (Å²) in [7, 11) is 0. The summed E-state index contributed by atoms with van der Waals surface area (Å²) in [4.78, 5) is 11.5. The Kier molecular flexibility index (Phi) is 5.01. The zero-order valence-electron chi connectivity index (χ0n) is 8.73. The van der Waals surface area contributed by atoms with Gasteiger partial charge in [-0.1, -0.05) is 30.3 Å². The van der Waals surface area contributed by atoms with E-state index in [2.05, 4.69) is 0 Å². The molecule has 1 unspecified atom stereocenters. The van der Waals surface area contributed by atoms with Gasteiger partial charge in [-0.15, -0.1) is 0 Å². The third kappa shape index (κ3) is 4.72. The molecule has 0 aliphatic heterocycles. The molecule has 0 radical (unpaired) electrons. The molecule has 1 aromatic carbocycles. The number of ketones is 1. The Morgan fingerprint density at radius 2 is 2.00 bits per heavy atom. The molecule has 1 aromatic rings. The number of aliphatic hydroxyl groups excluding tert-OH is 1. The number of nitrogens with two attached hydrogens (primary N) is 1. The topological polar surface area (TPSA) is 63.3 Å². The fraction of sp³-hybridized carbons (Fsp3) is 0.417. The number of hydrogen-bond donors (Lipinski definition) is 2. The maximum atomic E-state index is 11.5. The summed E-state index contributed by atoms with van der Waals surface area (Å²) >= 11 is 0. The lowest BCUT2D eigenvalue weighted by atomic mass is 10.0. The summed E-state index contributed by atoms with van der Waals surface area (Å²) in [6.45, 7) is -0.0569. The third-order valence-corrected chi connectivity index (χ3v) is 2.27. The molecule has 1 rings (SSSR count). The second-order valence-corrected chi connectivity index (χ2v) is 3.68. The molecular formula is C12H17NO2. The van der Waals surface area contributed by atoms with Crippen molar-refractivity contribution in [2.75, 3.05) is 6.61 Å². The Balaban J connectivity index is 2.31. The number of rotatable bonds is 6. The van der Waals surface area contributed by atoms with Crippen LogP contribution < -0.4 is 5.73 Å². The zero-order chi connectivity index (χ0) is 11.1. The quantitative estimate of drug-likeness (QED) is 0.728. The first-order valence-corrected chi connectivity index (χ1v) is 5.14. The number of carbonyl (C=O) groups excluding carboxylic acids is 1. The summed E-state index contributed by atoms with van der Waals surface area (Å²) in [6, 6.07) is 9.36. The van der Waals surface area contributed by atoms with E-state index >= 15 is 0 Å². The van der Waals surface area contributed by atoms with Gasteiger partial charge in [0.25, 0.3) is 0 Å². The molecule has 0 fully saturated rings. The second kappa shape index (κ2) is 6.32. The van der Waals surface area contributed by atoms with Crippen molar-refractivity contribution in [1.82, 2.24) is 0 Å². The zero-order valence-corrected chi connectivity index (χ0v) is 8.73. The Bertz CT molecular complexity index is 298. The van der Waals surface area contributed by atoms with Crippen molar-refractivity contribution in [3.05, 3.63) is 35.9 Å². The van der Waals surface area contributed by atoms with Crippen LogP contribution in [0.25, 0.3) is 0 Å². The summed E-state index contributed by atoms with van der Waals surface area (Å²) < 4.78 is 0. The van der Waals surface area contributed by atoms with Gasteiger partial charge < -0.3 is 10.8 Å². The van der Waals surface area contributed by atoms with E-state index in [9.17, 15) is 4.79 Å². The molecule has 0 amide bonds. The van der Waals surface area contributed by atoms with Crippen molar-refractivity contribution < 1.29 is 9.90 Å². The first-order chi connectivity index (χ1) is 7.22. The van der Waals surface area contributed by atoms with E-state index in [1.807, 2.05) is 30.3 Å². The normalized spacial score (nSPS) is 12.4. The molecule has 3 nitrogen and oxygen atoms in total. The Labute approximate surface area is 89.9 Å². The highest BCUT2D eigenvalue weighted by Gasteiger charge is 2.06. The average Bonchev–Trinajstić information content (AvgIpc) is 2.27. The minimum atomic E-state index is -0.273. The van der Waals surface area contributed by atoms with E-state index < -0.39 is 0 Å². The van der Waals surface area contributed by atoms with Crippen molar-refractivity contribution in [2.24, 2.45) is 5.73 Å². The smallest absolute Gasteiger partial charge is 0.137 e. The highest BCUT2D eigenvalue weighted by atomic mass is 16.3. The third-order valence-electron chi connectivity index (χ3n) is 2.27. The number of Topliss-reactive ketones (excluding diaryl/α,β-unsaturated/α-hetero) is 1. The lowest BCUT2D eigenvalue weighted by Crippen LogP contribution is -2.25. The molecule has 0 saturated heterocycles. The lowest BCUT2D eigenvalue weighted by molar-refractivity contribution is -0.118. The van der Waals surface area contributed by atoms with Gasteiger partial charge in [-0.2, -0.15) is 0 Å². The SMILES string of the molecule is NC(CO)CCC(=O)Cc1ccccc1. The molecule has 3 heteroatoms. The molecule has 15 heavy (non-hydrogen) atoms. The van der Waals surface area contributed by atoms with E-state index in [4.69, 9.17) is 10.8 Å². The van der Waals surface area contributed by atoms with Crippen molar-refractivity contribution in [1.29, 1.82) is 0 Å². The van der Waals surface area contributed by atoms with Gasteiger partial charge in [0, 0.05) is 18.9 Å². The summed E-state index contributed by atoms with van der Waals surface area (Å²) in [6.07, 6.45) is 1.46. The first-order valence-electron chi connectivity index (χ1n) is 5.14. The summed E-state index contributed by atoms with van der Waals surface area (Å²) in [5.74, 6) is 0.171. The molecular weight excluding hydrogens is 190 g/mol. The van der Waals surface area contributed by atoms with Crippen LogP contribution in [0.3, 0.4) is 0 Å². The lowest BCUT2D eigenvalue weighted by Gasteiger charge is -2.06. The molecule has 0 aromatic heterocycles. The predicted octanol–water partition coefficient (Wildman–Crippen LogP) is 0.898.